The van der Waals surface area contributed by atoms with E-state index in [-0.39, 0.29) is 22.8 Å². The molecule has 2 aliphatic carbocycles. The predicted octanol–water partition coefficient (Wildman–Crippen LogP) is 1.92. The van der Waals surface area contributed by atoms with Gasteiger partial charge >= 0.3 is 0 Å². The third-order valence-electron chi connectivity index (χ3n) is 7.60. The number of nitrogens with one attached hydrogen (secondary N) is 3. The molecule has 42 heavy (non-hydrogen) atoms. The van der Waals surface area contributed by atoms with Crippen LogP contribution in [0.1, 0.15) is 35.2 Å². The molecule has 212 valence electrons. The molecule has 0 unspecified atom stereocenters. The Labute approximate surface area is 242 Å². The van der Waals surface area contributed by atoms with E-state index in [0.717, 1.165) is 27.9 Å². The van der Waals surface area contributed by atoms with Crippen LogP contribution in [0.5, 0.6) is 0 Å². The van der Waals surface area contributed by atoms with E-state index in [1.54, 1.807) is 13.0 Å². The SMILES string of the molecule is C#CC1=C2C=CCC3=C2C(=C([C@H](C)NC(=O)c2c(NS(N)(=O)=O)nn4cccnc24)[C@H](c2ccccc2)C1=O)CNC3. The molecule has 0 bridgehead atoms. The molecular weight excluding hydrogens is 554 g/mol. The summed E-state index contributed by atoms with van der Waals surface area (Å²) in [5.74, 6) is 0.749. The molecule has 1 amide bonds. The van der Waals surface area contributed by atoms with Crippen LogP contribution < -0.4 is 20.5 Å². The zero-order valence-corrected chi connectivity index (χ0v) is 23.4. The molecule has 3 aromatic rings. The van der Waals surface area contributed by atoms with Crippen molar-refractivity contribution in [1.82, 2.24) is 25.2 Å². The third-order valence-corrected chi connectivity index (χ3v) is 8.08. The topological polar surface area (TPSA) is 161 Å². The van der Waals surface area contributed by atoms with Crippen LogP contribution in [0.3, 0.4) is 0 Å². The number of carbonyl (C=O) groups is 2. The largest absolute Gasteiger partial charge is 0.346 e. The van der Waals surface area contributed by atoms with E-state index in [4.69, 9.17) is 11.6 Å². The van der Waals surface area contributed by atoms with Crippen molar-refractivity contribution in [3.63, 3.8) is 0 Å². The molecule has 0 fully saturated rings. The number of ketones is 1. The molecule has 0 radical (unpaired) electrons. The number of fused-ring (bicyclic) bond motifs is 1. The Morgan fingerprint density at radius 1 is 1.24 bits per heavy atom. The predicted molar refractivity (Wildman–Crippen MR) is 157 cm³/mol. The monoisotopic (exact) mass is 581 g/mol. The number of amides is 1. The van der Waals surface area contributed by atoms with Crippen molar-refractivity contribution in [2.45, 2.75) is 25.3 Å². The Hall–Kier alpha value is -4.83. The zero-order chi connectivity index (χ0) is 29.6. The summed E-state index contributed by atoms with van der Waals surface area (Å²) in [6.45, 7) is 2.92. The number of rotatable bonds is 6. The molecule has 1 aromatic carbocycles. The lowest BCUT2D eigenvalue weighted by atomic mass is 9.78. The number of aromatic nitrogens is 3. The maximum absolute atomic E-state index is 14.3. The van der Waals surface area contributed by atoms with Crippen LogP contribution in [0.2, 0.25) is 0 Å². The lowest BCUT2D eigenvalue weighted by Crippen LogP contribution is -2.40. The molecule has 11 nitrogen and oxygen atoms in total. The number of anilines is 1. The first-order chi connectivity index (χ1) is 20.2. The number of terminal acetylenes is 1. The van der Waals surface area contributed by atoms with Crippen LogP contribution in [-0.2, 0) is 15.0 Å². The summed E-state index contributed by atoms with van der Waals surface area (Å²) < 4.78 is 27.2. The molecule has 6 rings (SSSR count). The molecule has 2 atom stereocenters. The lowest BCUT2D eigenvalue weighted by molar-refractivity contribution is -0.115. The molecule has 5 N–H and O–H groups in total. The minimum atomic E-state index is -4.25. The molecular formula is C30H27N7O4S. The number of allylic oxidation sites excluding steroid dienone is 4. The molecule has 0 saturated heterocycles. The molecule has 3 heterocycles. The number of hydrogen-bond acceptors (Lipinski definition) is 7. The minimum absolute atomic E-state index is 0.108. The number of benzene rings is 1. The fourth-order valence-electron chi connectivity index (χ4n) is 5.99. The van der Waals surface area contributed by atoms with Crippen molar-refractivity contribution in [2.24, 2.45) is 5.14 Å². The number of nitrogens with two attached hydrogens (primary N) is 1. The number of carbonyl (C=O) groups excluding carboxylic acids is 2. The molecule has 0 saturated carbocycles. The number of nitrogens with zero attached hydrogens (tertiary/aromatic N) is 3. The Kier molecular flexibility index (Phi) is 6.86. The Balaban J connectivity index is 1.51. The van der Waals surface area contributed by atoms with Crippen molar-refractivity contribution in [2.75, 3.05) is 17.8 Å². The first-order valence-corrected chi connectivity index (χ1v) is 14.8. The summed E-state index contributed by atoms with van der Waals surface area (Å²) >= 11 is 0. The van der Waals surface area contributed by atoms with E-state index in [1.165, 1.54) is 16.9 Å². The highest BCUT2D eigenvalue weighted by Crippen LogP contribution is 2.44. The van der Waals surface area contributed by atoms with E-state index in [2.05, 4.69) is 31.4 Å². The van der Waals surface area contributed by atoms with E-state index in [9.17, 15) is 18.0 Å². The van der Waals surface area contributed by atoms with Gasteiger partial charge in [0.15, 0.2) is 17.2 Å². The maximum atomic E-state index is 14.3. The van der Waals surface area contributed by atoms with Gasteiger partial charge in [0.1, 0.15) is 5.56 Å². The van der Waals surface area contributed by atoms with Crippen molar-refractivity contribution < 1.29 is 18.0 Å². The second kappa shape index (κ2) is 10.5. The van der Waals surface area contributed by atoms with Crippen molar-refractivity contribution in [1.29, 1.82) is 0 Å². The Morgan fingerprint density at radius 3 is 2.76 bits per heavy atom. The van der Waals surface area contributed by atoms with Gasteiger partial charge in [0.2, 0.25) is 0 Å². The van der Waals surface area contributed by atoms with Gasteiger partial charge in [-0.15, -0.1) is 11.5 Å². The second-order valence-electron chi connectivity index (χ2n) is 10.2. The van der Waals surface area contributed by atoms with Gasteiger partial charge in [-0.25, -0.2) is 14.6 Å². The first kappa shape index (κ1) is 27.3. The van der Waals surface area contributed by atoms with Gasteiger partial charge in [0.25, 0.3) is 16.1 Å². The maximum Gasteiger partial charge on any atom is 0.297 e. The van der Waals surface area contributed by atoms with Crippen molar-refractivity contribution >= 4 is 33.4 Å². The Morgan fingerprint density at radius 2 is 2.02 bits per heavy atom. The van der Waals surface area contributed by atoms with Crippen LogP contribution in [-0.4, -0.2) is 53.8 Å². The summed E-state index contributed by atoms with van der Waals surface area (Å²) in [5.41, 5.74) is 5.44. The third kappa shape index (κ3) is 4.73. The second-order valence-corrected chi connectivity index (χ2v) is 11.5. The van der Waals surface area contributed by atoms with E-state index in [1.807, 2.05) is 42.5 Å². The normalized spacial score (nSPS) is 19.4. The van der Waals surface area contributed by atoms with Gasteiger partial charge in [0, 0.05) is 37.1 Å². The zero-order valence-electron chi connectivity index (χ0n) is 22.6. The molecule has 1 aliphatic heterocycles. The average Bonchev–Trinajstić information content (AvgIpc) is 3.27. The quantitative estimate of drug-likeness (QED) is 0.324. The lowest BCUT2D eigenvalue weighted by Gasteiger charge is -2.32. The summed E-state index contributed by atoms with van der Waals surface area (Å²) in [4.78, 5) is 32.4. The van der Waals surface area contributed by atoms with Gasteiger partial charge in [-0.2, -0.15) is 8.42 Å². The van der Waals surface area contributed by atoms with Crippen LogP contribution in [0.15, 0.2) is 94.4 Å². The van der Waals surface area contributed by atoms with E-state index in [0.29, 0.717) is 30.7 Å². The highest BCUT2D eigenvalue weighted by Gasteiger charge is 2.40. The fourth-order valence-corrected chi connectivity index (χ4v) is 6.40. The molecule has 2 aromatic heterocycles. The van der Waals surface area contributed by atoms with Gasteiger partial charge in [-0.1, -0.05) is 48.4 Å². The van der Waals surface area contributed by atoms with Crippen molar-refractivity contribution in [3.8, 4) is 12.3 Å². The smallest absolute Gasteiger partial charge is 0.297 e. The van der Waals surface area contributed by atoms with Crippen molar-refractivity contribution in [3.05, 3.63) is 106 Å². The van der Waals surface area contributed by atoms with Crippen LogP contribution in [0.25, 0.3) is 5.65 Å². The van der Waals surface area contributed by atoms with E-state index >= 15 is 0 Å². The van der Waals surface area contributed by atoms with Gasteiger partial charge in [-0.3, -0.25) is 14.3 Å². The number of Topliss-reactive ketones (excluding diaryl/α,β-unsaturated/α-hetero) is 1. The summed E-state index contributed by atoms with van der Waals surface area (Å²) in [7, 11) is -4.25. The Bertz CT molecular complexity index is 1930. The van der Waals surface area contributed by atoms with E-state index < -0.39 is 28.1 Å². The molecule has 3 aliphatic rings. The minimum Gasteiger partial charge on any atom is -0.346 e. The van der Waals surface area contributed by atoms with Crippen LogP contribution in [0.4, 0.5) is 5.82 Å². The highest BCUT2D eigenvalue weighted by atomic mass is 32.2. The average molecular weight is 582 g/mol. The molecule has 12 heteroatoms. The number of hydrogen-bond donors (Lipinski definition) is 4. The highest BCUT2D eigenvalue weighted by molar-refractivity contribution is 7.90. The first-order valence-electron chi connectivity index (χ1n) is 13.3. The molecule has 0 spiro atoms. The fraction of sp³-hybridized carbons (Fsp3) is 0.200. The standard InChI is InChI=1S/C30H27N7O4S/c1-3-20-21-12-7-11-19-15-32-16-22(24(19)21)23(25(27(20)38)18-9-5-4-6-10-18)17(2)34-30(39)26-28(36-42(31,40)41)35-37-14-8-13-33-29(26)37/h1,4-10,12-14,17,25,32H,11,15-16H2,2H3,(H,34,39)(H,35,36)(H2,31,40,41)/t17-,25-/m0/s1. The summed E-state index contributed by atoms with van der Waals surface area (Å²) in [6, 6.07) is 10.2. The van der Waals surface area contributed by atoms with Crippen LogP contribution in [0, 0.1) is 12.3 Å². The van der Waals surface area contributed by atoms with Gasteiger partial charge in [0.05, 0.1) is 11.5 Å². The van der Waals surface area contributed by atoms with Gasteiger partial charge in [-0.05, 0) is 47.3 Å². The summed E-state index contributed by atoms with van der Waals surface area (Å²) in [5, 5.41) is 15.8. The summed E-state index contributed by atoms with van der Waals surface area (Å²) in [6.07, 6.45) is 13.6. The van der Waals surface area contributed by atoms with Crippen LogP contribution >= 0.6 is 0 Å². The van der Waals surface area contributed by atoms with Gasteiger partial charge < -0.3 is 10.6 Å².